The highest BCUT2D eigenvalue weighted by Gasteiger charge is 2.08. The highest BCUT2D eigenvalue weighted by molar-refractivity contribution is 9.10. The van der Waals surface area contributed by atoms with Crippen molar-refractivity contribution >= 4 is 33.1 Å². The van der Waals surface area contributed by atoms with Gasteiger partial charge >= 0.3 is 0 Å². The molecule has 1 aromatic heterocycles. The molecule has 4 heteroatoms. The Morgan fingerprint density at radius 1 is 1.22 bits per heavy atom. The van der Waals surface area contributed by atoms with Crippen molar-refractivity contribution in [2.45, 2.75) is 20.8 Å². The summed E-state index contributed by atoms with van der Waals surface area (Å²) in [6.45, 7) is 6.12. The van der Waals surface area contributed by atoms with Gasteiger partial charge in [-0.15, -0.1) is 0 Å². The maximum absolute atomic E-state index is 5.81. The van der Waals surface area contributed by atoms with Crippen molar-refractivity contribution in [2.75, 3.05) is 11.1 Å². The Morgan fingerprint density at radius 2 is 1.94 bits per heavy atom. The summed E-state index contributed by atoms with van der Waals surface area (Å²) in [7, 11) is 0. The van der Waals surface area contributed by atoms with Crippen LogP contribution in [0.5, 0.6) is 0 Å². The molecule has 0 saturated carbocycles. The van der Waals surface area contributed by atoms with Gasteiger partial charge in [0.2, 0.25) is 0 Å². The van der Waals surface area contributed by atoms with Gasteiger partial charge in [-0.25, -0.2) is 4.98 Å². The van der Waals surface area contributed by atoms with Gasteiger partial charge in [0.05, 0.1) is 16.4 Å². The number of rotatable bonds is 2. The van der Waals surface area contributed by atoms with E-state index in [0.29, 0.717) is 5.69 Å². The van der Waals surface area contributed by atoms with Crippen LogP contribution < -0.4 is 11.1 Å². The number of nitrogens with two attached hydrogens (primary N) is 1. The average Bonchev–Trinajstić information content (AvgIpc) is 2.33. The summed E-state index contributed by atoms with van der Waals surface area (Å²) >= 11 is 3.52. The Balaban J connectivity index is 2.37. The molecule has 0 radical (unpaired) electrons. The van der Waals surface area contributed by atoms with Crippen LogP contribution in [0.3, 0.4) is 0 Å². The Hall–Kier alpha value is -1.55. The van der Waals surface area contributed by atoms with E-state index < -0.39 is 0 Å². The van der Waals surface area contributed by atoms with Gasteiger partial charge in [-0.05, 0) is 53.9 Å². The Bertz CT molecular complexity index is 594. The number of hydrogen-bond acceptors (Lipinski definition) is 3. The first-order valence-corrected chi connectivity index (χ1v) is 6.53. The molecule has 0 aliphatic carbocycles. The minimum absolute atomic E-state index is 0.688. The van der Waals surface area contributed by atoms with Crippen LogP contribution in [0.25, 0.3) is 0 Å². The lowest BCUT2D eigenvalue weighted by molar-refractivity contribution is 1.24. The molecule has 18 heavy (non-hydrogen) atoms. The number of nitrogens with zero attached hydrogens (tertiary/aromatic N) is 1. The Kier molecular flexibility index (Phi) is 3.57. The summed E-state index contributed by atoms with van der Waals surface area (Å²) in [5, 5.41) is 3.32. The summed E-state index contributed by atoms with van der Waals surface area (Å²) in [5.74, 6) is 0.786. The second-order valence-electron chi connectivity index (χ2n) is 4.44. The Labute approximate surface area is 116 Å². The number of pyridine rings is 1. The first-order valence-electron chi connectivity index (χ1n) is 5.74. The van der Waals surface area contributed by atoms with E-state index in [2.05, 4.69) is 58.3 Å². The number of nitrogens with one attached hydrogen (secondary N) is 1. The predicted molar refractivity (Wildman–Crippen MR) is 80.3 cm³/mol. The summed E-state index contributed by atoms with van der Waals surface area (Å²) < 4.78 is 0.905. The molecule has 0 atom stereocenters. The molecule has 2 rings (SSSR count). The monoisotopic (exact) mass is 305 g/mol. The number of nitrogen functional groups attached to an aromatic ring is 1. The molecular formula is C14H16BrN3. The van der Waals surface area contributed by atoms with Crippen molar-refractivity contribution in [2.24, 2.45) is 0 Å². The van der Waals surface area contributed by atoms with E-state index in [9.17, 15) is 0 Å². The highest BCUT2D eigenvalue weighted by atomic mass is 79.9. The number of benzene rings is 1. The third-order valence-electron chi connectivity index (χ3n) is 2.94. The molecule has 2 aromatic rings. The zero-order valence-electron chi connectivity index (χ0n) is 10.7. The minimum atomic E-state index is 0.688. The summed E-state index contributed by atoms with van der Waals surface area (Å²) in [6, 6.07) is 6.28. The van der Waals surface area contributed by atoms with E-state index in [0.717, 1.165) is 21.5 Å². The maximum Gasteiger partial charge on any atom is 0.145 e. The molecular weight excluding hydrogens is 290 g/mol. The predicted octanol–water partition coefficient (Wildman–Crippen LogP) is 4.10. The van der Waals surface area contributed by atoms with Crippen LogP contribution in [-0.2, 0) is 0 Å². The summed E-state index contributed by atoms with van der Waals surface area (Å²) in [4.78, 5) is 4.31. The van der Waals surface area contributed by atoms with Crippen LogP contribution in [0.2, 0.25) is 0 Å². The average molecular weight is 306 g/mol. The highest BCUT2D eigenvalue weighted by Crippen LogP contribution is 2.30. The van der Waals surface area contributed by atoms with Gasteiger partial charge in [-0.3, -0.25) is 0 Å². The molecule has 1 heterocycles. The summed E-state index contributed by atoms with van der Waals surface area (Å²) in [6.07, 6.45) is 1.67. The molecule has 0 bridgehead atoms. The van der Waals surface area contributed by atoms with E-state index in [-0.39, 0.29) is 0 Å². The first-order chi connectivity index (χ1) is 8.49. The fourth-order valence-corrected chi connectivity index (χ4v) is 2.19. The second-order valence-corrected chi connectivity index (χ2v) is 5.24. The topological polar surface area (TPSA) is 50.9 Å². The Morgan fingerprint density at radius 3 is 2.61 bits per heavy atom. The molecule has 0 aliphatic heterocycles. The molecule has 0 spiro atoms. The molecule has 0 saturated heterocycles. The van der Waals surface area contributed by atoms with Crippen LogP contribution in [0.1, 0.15) is 16.7 Å². The molecule has 0 aliphatic rings. The standard InChI is InChI=1S/C14H16BrN3/c1-8-4-5-12(9(2)6-8)18-14-13(15)10(3)11(16)7-17-14/h4-7H,16H2,1-3H3,(H,17,18). The number of hydrogen-bond donors (Lipinski definition) is 2. The first kappa shape index (κ1) is 12.9. The third kappa shape index (κ3) is 2.48. The normalized spacial score (nSPS) is 10.4. The lowest BCUT2D eigenvalue weighted by Gasteiger charge is -2.13. The third-order valence-corrected chi connectivity index (χ3v) is 3.91. The molecule has 0 fully saturated rings. The molecule has 0 unspecified atom stereocenters. The SMILES string of the molecule is Cc1ccc(Nc2ncc(N)c(C)c2Br)c(C)c1. The van der Waals surface area contributed by atoms with E-state index in [4.69, 9.17) is 5.73 Å². The van der Waals surface area contributed by atoms with Crippen molar-refractivity contribution in [3.8, 4) is 0 Å². The van der Waals surface area contributed by atoms with Crippen molar-refractivity contribution < 1.29 is 0 Å². The van der Waals surface area contributed by atoms with Gasteiger partial charge < -0.3 is 11.1 Å². The lowest BCUT2D eigenvalue weighted by atomic mass is 10.1. The number of halogens is 1. The van der Waals surface area contributed by atoms with Gasteiger partial charge in [0.1, 0.15) is 5.82 Å². The molecule has 3 nitrogen and oxygen atoms in total. The van der Waals surface area contributed by atoms with Gasteiger partial charge in [0.15, 0.2) is 0 Å². The minimum Gasteiger partial charge on any atom is -0.397 e. The number of aryl methyl sites for hydroxylation is 2. The van der Waals surface area contributed by atoms with Crippen molar-refractivity contribution in [3.63, 3.8) is 0 Å². The van der Waals surface area contributed by atoms with Crippen LogP contribution in [-0.4, -0.2) is 4.98 Å². The zero-order valence-corrected chi connectivity index (χ0v) is 12.3. The molecule has 0 amide bonds. The lowest BCUT2D eigenvalue weighted by Crippen LogP contribution is -2.00. The molecule has 94 valence electrons. The molecule has 3 N–H and O–H groups in total. The van der Waals surface area contributed by atoms with Crippen LogP contribution in [0, 0.1) is 20.8 Å². The van der Waals surface area contributed by atoms with Gasteiger partial charge in [-0.2, -0.15) is 0 Å². The van der Waals surface area contributed by atoms with E-state index in [1.165, 1.54) is 11.1 Å². The van der Waals surface area contributed by atoms with E-state index in [1.54, 1.807) is 6.20 Å². The molecule has 1 aromatic carbocycles. The van der Waals surface area contributed by atoms with Crippen LogP contribution in [0.4, 0.5) is 17.2 Å². The van der Waals surface area contributed by atoms with Gasteiger partial charge in [-0.1, -0.05) is 17.7 Å². The van der Waals surface area contributed by atoms with Crippen LogP contribution >= 0.6 is 15.9 Å². The van der Waals surface area contributed by atoms with Gasteiger partial charge in [0, 0.05) is 5.69 Å². The fourth-order valence-electron chi connectivity index (χ4n) is 1.76. The largest absolute Gasteiger partial charge is 0.397 e. The summed E-state index contributed by atoms with van der Waals surface area (Å²) in [5.41, 5.74) is 11.0. The quantitative estimate of drug-likeness (QED) is 0.878. The van der Waals surface area contributed by atoms with Crippen molar-refractivity contribution in [3.05, 3.63) is 45.6 Å². The fraction of sp³-hybridized carbons (Fsp3) is 0.214. The van der Waals surface area contributed by atoms with Gasteiger partial charge in [0.25, 0.3) is 0 Å². The van der Waals surface area contributed by atoms with E-state index >= 15 is 0 Å². The maximum atomic E-state index is 5.81. The van der Waals surface area contributed by atoms with Crippen LogP contribution in [0.15, 0.2) is 28.9 Å². The van der Waals surface area contributed by atoms with Crippen molar-refractivity contribution in [1.82, 2.24) is 4.98 Å². The smallest absolute Gasteiger partial charge is 0.145 e. The van der Waals surface area contributed by atoms with E-state index in [1.807, 2.05) is 6.92 Å². The number of aromatic nitrogens is 1. The zero-order chi connectivity index (χ0) is 13.3. The number of anilines is 3. The second kappa shape index (κ2) is 4.98. The van der Waals surface area contributed by atoms with Crippen molar-refractivity contribution in [1.29, 1.82) is 0 Å².